The van der Waals surface area contributed by atoms with Crippen LogP contribution in [0.25, 0.3) is 0 Å². The van der Waals surface area contributed by atoms with Crippen molar-refractivity contribution in [1.29, 1.82) is 0 Å². The number of hydrogen-bond acceptors (Lipinski definition) is 6. The van der Waals surface area contributed by atoms with Gasteiger partial charge in [-0.2, -0.15) is 5.10 Å². The zero-order valence-corrected chi connectivity index (χ0v) is 11.7. The lowest BCUT2D eigenvalue weighted by Gasteiger charge is -2.15. The van der Waals surface area contributed by atoms with Gasteiger partial charge in [0.1, 0.15) is 6.04 Å². The molecule has 0 saturated heterocycles. The third kappa shape index (κ3) is 2.54. The molecule has 17 heavy (non-hydrogen) atoms. The summed E-state index contributed by atoms with van der Waals surface area (Å²) in [5.74, 6) is 5.61. The maximum Gasteiger partial charge on any atom is 0.109 e. The molecule has 0 aliphatic carbocycles. The second-order valence-corrected chi connectivity index (χ2v) is 4.99. The molecule has 2 heterocycles. The maximum atomic E-state index is 5.61. The van der Waals surface area contributed by atoms with Crippen LogP contribution in [0.2, 0.25) is 0 Å². The summed E-state index contributed by atoms with van der Waals surface area (Å²) in [4.78, 5) is 0. The molecule has 3 N–H and O–H groups in total. The second kappa shape index (κ2) is 5.67. The minimum absolute atomic E-state index is 0.197. The van der Waals surface area contributed by atoms with Gasteiger partial charge in [0.15, 0.2) is 0 Å². The Labute approximate surface area is 111 Å². The highest BCUT2D eigenvalue weighted by Crippen LogP contribution is 2.27. The first-order valence-corrected chi connectivity index (χ1v) is 6.85. The van der Waals surface area contributed by atoms with Crippen molar-refractivity contribution in [2.45, 2.75) is 25.9 Å². The first kappa shape index (κ1) is 12.6. The summed E-state index contributed by atoms with van der Waals surface area (Å²) in [5, 5.41) is 10.2. The first-order valence-electron chi connectivity index (χ1n) is 5.22. The molecule has 8 heteroatoms. The Bertz CT molecular complexity index is 468. The van der Waals surface area contributed by atoms with Crippen LogP contribution in [0.15, 0.2) is 16.0 Å². The van der Waals surface area contributed by atoms with E-state index in [1.807, 2.05) is 10.1 Å². The predicted molar refractivity (Wildman–Crippen MR) is 69.3 cm³/mol. The van der Waals surface area contributed by atoms with Crippen LogP contribution in [-0.4, -0.2) is 19.4 Å². The molecule has 0 saturated carbocycles. The Morgan fingerprint density at radius 2 is 2.47 bits per heavy atom. The molecule has 92 valence electrons. The van der Waals surface area contributed by atoms with Crippen LogP contribution in [0.4, 0.5) is 0 Å². The van der Waals surface area contributed by atoms with E-state index < -0.39 is 0 Å². The Morgan fingerprint density at radius 3 is 3.06 bits per heavy atom. The van der Waals surface area contributed by atoms with Crippen molar-refractivity contribution in [3.05, 3.63) is 27.4 Å². The van der Waals surface area contributed by atoms with E-state index in [9.17, 15) is 0 Å². The molecule has 2 aromatic rings. The molecule has 6 nitrogen and oxygen atoms in total. The van der Waals surface area contributed by atoms with E-state index in [1.165, 1.54) is 11.5 Å². The van der Waals surface area contributed by atoms with Gasteiger partial charge in [-0.05, 0) is 33.9 Å². The molecular formula is C9H13BrN6S. The fraction of sp³-hybridized carbons (Fsp3) is 0.444. The lowest BCUT2D eigenvalue weighted by molar-refractivity contribution is 0.513. The molecule has 0 aliphatic heterocycles. The summed E-state index contributed by atoms with van der Waals surface area (Å²) < 4.78 is 6.70. The summed E-state index contributed by atoms with van der Waals surface area (Å²) in [7, 11) is 0. The molecule has 0 fully saturated rings. The summed E-state index contributed by atoms with van der Waals surface area (Å²) in [6.07, 6.45) is 2.78. The van der Waals surface area contributed by atoms with E-state index in [0.29, 0.717) is 0 Å². The van der Waals surface area contributed by atoms with Gasteiger partial charge in [0.2, 0.25) is 0 Å². The highest BCUT2D eigenvalue weighted by molar-refractivity contribution is 9.10. The maximum absolute atomic E-state index is 5.61. The molecule has 0 spiro atoms. The van der Waals surface area contributed by atoms with Gasteiger partial charge in [0.05, 0.1) is 22.1 Å². The smallest absolute Gasteiger partial charge is 0.109 e. The Kier molecular flexibility index (Phi) is 4.21. The number of aryl methyl sites for hydroxylation is 1. The molecule has 0 aromatic carbocycles. The zero-order valence-electron chi connectivity index (χ0n) is 9.30. The highest BCUT2D eigenvalue weighted by Gasteiger charge is 2.22. The minimum Gasteiger partial charge on any atom is -0.270 e. The molecule has 0 amide bonds. The average Bonchev–Trinajstić information content (AvgIpc) is 2.94. The van der Waals surface area contributed by atoms with Crippen LogP contribution in [0, 0.1) is 0 Å². The topological polar surface area (TPSA) is 81.7 Å². The van der Waals surface area contributed by atoms with Gasteiger partial charge in [0, 0.05) is 11.9 Å². The zero-order chi connectivity index (χ0) is 12.3. The summed E-state index contributed by atoms with van der Waals surface area (Å²) in [6.45, 7) is 2.95. The van der Waals surface area contributed by atoms with Gasteiger partial charge in [-0.25, -0.2) is 5.43 Å². The standard InChI is InChI=1S/C9H13BrN6S/c1-2-3-16-9(6(10)4-12-16)8(13-11)7-5-17-15-14-7/h4-5,8,13H,2-3,11H2,1H3. The van der Waals surface area contributed by atoms with Crippen LogP contribution in [0.5, 0.6) is 0 Å². The minimum atomic E-state index is -0.197. The van der Waals surface area contributed by atoms with E-state index in [2.05, 4.69) is 43.0 Å². The summed E-state index contributed by atoms with van der Waals surface area (Å²) >= 11 is 4.79. The Hall–Kier alpha value is -0.830. The monoisotopic (exact) mass is 316 g/mol. The van der Waals surface area contributed by atoms with Crippen molar-refractivity contribution in [1.82, 2.24) is 24.8 Å². The highest BCUT2D eigenvalue weighted by atomic mass is 79.9. The molecule has 0 bridgehead atoms. The number of hydrogen-bond donors (Lipinski definition) is 2. The number of nitrogens with zero attached hydrogens (tertiary/aromatic N) is 4. The average molecular weight is 317 g/mol. The van der Waals surface area contributed by atoms with E-state index in [-0.39, 0.29) is 6.04 Å². The van der Waals surface area contributed by atoms with Crippen LogP contribution in [0.3, 0.4) is 0 Å². The van der Waals surface area contributed by atoms with Gasteiger partial charge in [-0.1, -0.05) is 11.4 Å². The number of nitrogens with one attached hydrogen (secondary N) is 1. The van der Waals surface area contributed by atoms with Gasteiger partial charge in [-0.3, -0.25) is 10.5 Å². The van der Waals surface area contributed by atoms with Crippen LogP contribution < -0.4 is 11.3 Å². The number of rotatable bonds is 5. The van der Waals surface area contributed by atoms with Crippen molar-refractivity contribution in [3.63, 3.8) is 0 Å². The molecule has 2 rings (SSSR count). The van der Waals surface area contributed by atoms with E-state index in [0.717, 1.165) is 28.8 Å². The molecule has 1 atom stereocenters. The van der Waals surface area contributed by atoms with Crippen molar-refractivity contribution < 1.29 is 0 Å². The fourth-order valence-electron chi connectivity index (χ4n) is 1.65. The largest absolute Gasteiger partial charge is 0.270 e. The molecular weight excluding hydrogens is 304 g/mol. The van der Waals surface area contributed by atoms with Crippen molar-refractivity contribution in [2.75, 3.05) is 0 Å². The lowest BCUT2D eigenvalue weighted by atomic mass is 10.1. The van der Waals surface area contributed by atoms with Crippen LogP contribution >= 0.6 is 27.5 Å². The lowest BCUT2D eigenvalue weighted by Crippen LogP contribution is -2.31. The number of nitrogens with two attached hydrogens (primary N) is 1. The Morgan fingerprint density at radius 1 is 1.65 bits per heavy atom. The number of halogens is 1. The van der Waals surface area contributed by atoms with Gasteiger partial charge in [-0.15, -0.1) is 5.10 Å². The number of hydrazine groups is 1. The van der Waals surface area contributed by atoms with E-state index in [4.69, 9.17) is 5.84 Å². The molecule has 1 unspecified atom stereocenters. The quantitative estimate of drug-likeness (QED) is 0.644. The number of aromatic nitrogens is 4. The van der Waals surface area contributed by atoms with E-state index >= 15 is 0 Å². The van der Waals surface area contributed by atoms with Crippen LogP contribution in [0.1, 0.15) is 30.8 Å². The third-order valence-corrected chi connectivity index (χ3v) is 3.52. The molecule has 0 aliphatic rings. The van der Waals surface area contributed by atoms with Crippen molar-refractivity contribution >= 4 is 27.5 Å². The van der Waals surface area contributed by atoms with Gasteiger partial charge < -0.3 is 0 Å². The summed E-state index contributed by atoms with van der Waals surface area (Å²) in [6, 6.07) is -0.197. The van der Waals surface area contributed by atoms with E-state index in [1.54, 1.807) is 6.20 Å². The normalized spacial score (nSPS) is 12.9. The molecule has 2 aromatic heterocycles. The van der Waals surface area contributed by atoms with Crippen molar-refractivity contribution in [3.8, 4) is 0 Å². The predicted octanol–water partition coefficient (Wildman–Crippen LogP) is 1.46. The van der Waals surface area contributed by atoms with Crippen LogP contribution in [-0.2, 0) is 6.54 Å². The molecule has 0 radical (unpaired) electrons. The van der Waals surface area contributed by atoms with Gasteiger partial charge >= 0.3 is 0 Å². The second-order valence-electron chi connectivity index (χ2n) is 3.53. The van der Waals surface area contributed by atoms with Gasteiger partial charge in [0.25, 0.3) is 0 Å². The summed E-state index contributed by atoms with van der Waals surface area (Å²) in [5.41, 5.74) is 4.54. The Balaban J connectivity index is 2.39. The fourth-order valence-corrected chi connectivity index (χ4v) is 2.66. The first-order chi connectivity index (χ1) is 8.27. The van der Waals surface area contributed by atoms with Crippen molar-refractivity contribution in [2.24, 2.45) is 5.84 Å². The SMILES string of the molecule is CCCn1ncc(Br)c1C(NN)c1csnn1. The third-order valence-electron chi connectivity index (χ3n) is 2.38.